The molecule has 0 bridgehead atoms. The molecule has 1 aliphatic heterocycles. The first-order chi connectivity index (χ1) is 12.4. The van der Waals surface area contributed by atoms with E-state index in [1.807, 2.05) is 0 Å². The van der Waals surface area contributed by atoms with Crippen LogP contribution in [0.2, 0.25) is 0 Å². The summed E-state index contributed by atoms with van der Waals surface area (Å²) in [7, 11) is 1.69. The third kappa shape index (κ3) is 4.57. The molecule has 1 heterocycles. The zero-order valence-electron chi connectivity index (χ0n) is 15.5. The minimum atomic E-state index is -0.772. The molecule has 0 aromatic carbocycles. The largest absolute Gasteiger partial charge is 0.368 e. The van der Waals surface area contributed by atoms with Crippen LogP contribution in [0, 0.1) is 11.4 Å². The van der Waals surface area contributed by atoms with Gasteiger partial charge in [0.25, 0.3) is 0 Å². The van der Waals surface area contributed by atoms with Crippen molar-refractivity contribution in [1.29, 1.82) is 5.53 Å². The van der Waals surface area contributed by atoms with Crippen LogP contribution in [0.1, 0.15) is 45.4 Å². The molecule has 3 amide bonds. The summed E-state index contributed by atoms with van der Waals surface area (Å²) in [4.78, 5) is 38.8. The summed E-state index contributed by atoms with van der Waals surface area (Å²) >= 11 is 0. The lowest BCUT2D eigenvalue weighted by molar-refractivity contribution is -0.142. The molecule has 2 fully saturated rings. The van der Waals surface area contributed by atoms with E-state index in [4.69, 9.17) is 11.3 Å². The van der Waals surface area contributed by atoms with E-state index in [0.717, 1.165) is 32.1 Å². The summed E-state index contributed by atoms with van der Waals surface area (Å²) in [5.41, 5.74) is 12.7. The first-order valence-corrected chi connectivity index (χ1v) is 9.33. The van der Waals surface area contributed by atoms with Gasteiger partial charge in [-0.05, 0) is 32.7 Å². The number of likely N-dealkylation sites (N-methyl/N-ethyl adjacent to an activating group) is 1. The average Bonchev–Trinajstić information content (AvgIpc) is 3.10. The summed E-state index contributed by atoms with van der Waals surface area (Å²) in [6.45, 7) is 1.92. The molecular formula is C17H30N6O3. The SMILES string of the molecule is CNC(C)C(=O)NC(C(=O)N1CC(N=N)CC1C(N)=O)C1CCCCC1. The molecule has 9 nitrogen and oxygen atoms in total. The molecule has 2 aliphatic rings. The van der Waals surface area contributed by atoms with E-state index in [0.29, 0.717) is 0 Å². The Kier molecular flexibility index (Phi) is 7.07. The van der Waals surface area contributed by atoms with Gasteiger partial charge in [0.1, 0.15) is 12.1 Å². The molecule has 0 spiro atoms. The number of carbonyl (C=O) groups excluding carboxylic acids is 3. The van der Waals surface area contributed by atoms with Crippen LogP contribution < -0.4 is 16.4 Å². The molecule has 1 saturated carbocycles. The molecule has 26 heavy (non-hydrogen) atoms. The lowest BCUT2D eigenvalue weighted by Crippen LogP contribution is -2.57. The molecule has 4 unspecified atom stereocenters. The van der Waals surface area contributed by atoms with Gasteiger partial charge in [-0.15, -0.1) is 0 Å². The van der Waals surface area contributed by atoms with Crippen LogP contribution in [0.4, 0.5) is 0 Å². The number of rotatable bonds is 7. The van der Waals surface area contributed by atoms with Gasteiger partial charge in [0.2, 0.25) is 17.7 Å². The summed E-state index contributed by atoms with van der Waals surface area (Å²) in [6.07, 6.45) is 5.18. The zero-order chi connectivity index (χ0) is 19.3. The van der Waals surface area contributed by atoms with Crippen LogP contribution in [0.5, 0.6) is 0 Å². The fourth-order valence-electron chi connectivity index (χ4n) is 3.86. The molecule has 1 aliphatic carbocycles. The van der Waals surface area contributed by atoms with Gasteiger partial charge in [0.15, 0.2) is 0 Å². The number of hydrogen-bond acceptors (Lipinski definition) is 6. The van der Waals surface area contributed by atoms with Crippen LogP contribution in [-0.4, -0.2) is 60.4 Å². The van der Waals surface area contributed by atoms with Gasteiger partial charge in [0, 0.05) is 13.0 Å². The molecule has 5 N–H and O–H groups in total. The lowest BCUT2D eigenvalue weighted by Gasteiger charge is -2.34. The Morgan fingerprint density at radius 1 is 1.23 bits per heavy atom. The maximum Gasteiger partial charge on any atom is 0.246 e. The Labute approximate surface area is 153 Å². The topological polar surface area (TPSA) is 141 Å². The van der Waals surface area contributed by atoms with Crippen molar-refractivity contribution in [2.75, 3.05) is 13.6 Å². The van der Waals surface area contributed by atoms with Crippen molar-refractivity contribution in [1.82, 2.24) is 15.5 Å². The Hall–Kier alpha value is -2.03. The fraction of sp³-hybridized carbons (Fsp3) is 0.824. The number of likely N-dealkylation sites (tertiary alicyclic amines) is 1. The standard InChI is InChI=1S/C17H30N6O3/c1-10(20-2)16(25)21-14(11-6-4-3-5-7-11)17(26)23-9-12(22-19)8-13(23)15(18)24/h10-14,19-20H,3-9H2,1-2H3,(H2,18,24)(H,21,25). The molecule has 1 saturated heterocycles. The molecule has 9 heteroatoms. The van der Waals surface area contributed by atoms with E-state index >= 15 is 0 Å². The zero-order valence-corrected chi connectivity index (χ0v) is 15.5. The second-order valence-corrected chi connectivity index (χ2v) is 7.32. The van der Waals surface area contributed by atoms with Gasteiger partial charge in [-0.2, -0.15) is 5.11 Å². The number of carbonyl (C=O) groups is 3. The van der Waals surface area contributed by atoms with E-state index in [2.05, 4.69) is 15.7 Å². The average molecular weight is 366 g/mol. The molecule has 0 aromatic heterocycles. The molecule has 2 rings (SSSR count). The van der Waals surface area contributed by atoms with Crippen molar-refractivity contribution in [3.63, 3.8) is 0 Å². The number of amides is 3. The van der Waals surface area contributed by atoms with Gasteiger partial charge < -0.3 is 21.3 Å². The third-order valence-electron chi connectivity index (χ3n) is 5.58. The highest BCUT2D eigenvalue weighted by Gasteiger charge is 2.43. The minimum Gasteiger partial charge on any atom is -0.368 e. The van der Waals surface area contributed by atoms with Crippen LogP contribution >= 0.6 is 0 Å². The van der Waals surface area contributed by atoms with E-state index in [1.165, 1.54) is 4.90 Å². The number of nitrogens with two attached hydrogens (primary N) is 1. The number of primary amides is 1. The molecular weight excluding hydrogens is 336 g/mol. The van der Waals surface area contributed by atoms with E-state index in [1.54, 1.807) is 14.0 Å². The van der Waals surface area contributed by atoms with Crippen LogP contribution in [0.3, 0.4) is 0 Å². The Morgan fingerprint density at radius 3 is 2.42 bits per heavy atom. The highest BCUT2D eigenvalue weighted by molar-refractivity contribution is 5.93. The van der Waals surface area contributed by atoms with Gasteiger partial charge in [-0.3, -0.25) is 14.4 Å². The van der Waals surface area contributed by atoms with Gasteiger partial charge in [-0.25, -0.2) is 5.53 Å². The van der Waals surface area contributed by atoms with Crippen molar-refractivity contribution in [3.8, 4) is 0 Å². The first-order valence-electron chi connectivity index (χ1n) is 9.33. The predicted octanol–water partition coefficient (Wildman–Crippen LogP) is 0.145. The van der Waals surface area contributed by atoms with Crippen molar-refractivity contribution >= 4 is 17.7 Å². The monoisotopic (exact) mass is 366 g/mol. The summed E-state index contributed by atoms with van der Waals surface area (Å²) in [6, 6.07) is -2.29. The number of nitrogens with zero attached hydrogens (tertiary/aromatic N) is 2. The number of nitrogens with one attached hydrogen (secondary N) is 3. The van der Waals surface area contributed by atoms with Crippen LogP contribution in [0.15, 0.2) is 5.11 Å². The smallest absolute Gasteiger partial charge is 0.246 e. The van der Waals surface area contributed by atoms with Crippen molar-refractivity contribution in [2.45, 2.75) is 69.6 Å². The molecule has 4 atom stereocenters. The van der Waals surface area contributed by atoms with Crippen molar-refractivity contribution in [2.24, 2.45) is 16.8 Å². The Bertz CT molecular complexity index is 549. The molecule has 0 aromatic rings. The quantitative estimate of drug-likeness (QED) is 0.476. The van der Waals surface area contributed by atoms with Crippen molar-refractivity contribution < 1.29 is 14.4 Å². The van der Waals surface area contributed by atoms with Gasteiger partial charge >= 0.3 is 0 Å². The predicted molar refractivity (Wildman–Crippen MR) is 95.3 cm³/mol. The lowest BCUT2D eigenvalue weighted by atomic mass is 9.83. The second-order valence-electron chi connectivity index (χ2n) is 7.32. The van der Waals surface area contributed by atoms with Gasteiger partial charge in [-0.1, -0.05) is 19.3 Å². The van der Waals surface area contributed by atoms with E-state index in [-0.39, 0.29) is 30.7 Å². The maximum absolute atomic E-state index is 13.2. The summed E-state index contributed by atoms with van der Waals surface area (Å²) in [5.74, 6) is -1.08. The van der Waals surface area contributed by atoms with E-state index < -0.39 is 30.1 Å². The van der Waals surface area contributed by atoms with Crippen molar-refractivity contribution in [3.05, 3.63) is 0 Å². The normalized spacial score (nSPS) is 26.2. The highest BCUT2D eigenvalue weighted by Crippen LogP contribution is 2.29. The van der Waals surface area contributed by atoms with Crippen LogP contribution in [0.25, 0.3) is 0 Å². The third-order valence-corrected chi connectivity index (χ3v) is 5.58. The summed E-state index contributed by atoms with van der Waals surface area (Å²) < 4.78 is 0. The first kappa shape index (κ1) is 20.3. The minimum absolute atomic E-state index is 0.0461. The molecule has 0 radical (unpaired) electrons. The number of hydrogen-bond donors (Lipinski definition) is 4. The van der Waals surface area contributed by atoms with Crippen LogP contribution in [-0.2, 0) is 14.4 Å². The van der Waals surface area contributed by atoms with E-state index in [9.17, 15) is 14.4 Å². The second kappa shape index (κ2) is 9.07. The Balaban J connectivity index is 2.21. The Morgan fingerprint density at radius 2 is 1.88 bits per heavy atom. The maximum atomic E-state index is 13.2. The fourth-order valence-corrected chi connectivity index (χ4v) is 3.86. The highest BCUT2D eigenvalue weighted by atomic mass is 16.2. The van der Waals surface area contributed by atoms with Gasteiger partial charge in [0.05, 0.1) is 12.1 Å². The molecule has 146 valence electrons. The summed E-state index contributed by atoms with van der Waals surface area (Å²) in [5, 5.41) is 9.24.